The van der Waals surface area contributed by atoms with Gasteiger partial charge >= 0.3 is 0 Å². The van der Waals surface area contributed by atoms with Crippen molar-refractivity contribution in [3.8, 4) is 0 Å². The highest BCUT2D eigenvalue weighted by Crippen LogP contribution is 2.23. The second-order valence-electron chi connectivity index (χ2n) is 5.08. The molecule has 1 fully saturated rings. The molecule has 1 nitrogen and oxygen atoms in total. The van der Waals surface area contributed by atoms with Gasteiger partial charge in [-0.15, -0.1) is 11.8 Å². The highest BCUT2D eigenvalue weighted by Gasteiger charge is 2.19. The fraction of sp³-hybridized carbons (Fsp3) is 0.625. The zero-order chi connectivity index (χ0) is 12.6. The van der Waals surface area contributed by atoms with Gasteiger partial charge in [0.2, 0.25) is 0 Å². The number of rotatable bonds is 6. The van der Waals surface area contributed by atoms with Crippen LogP contribution < -0.4 is 0 Å². The van der Waals surface area contributed by atoms with E-state index in [9.17, 15) is 0 Å². The molecule has 1 aliphatic carbocycles. The molecule has 0 amide bonds. The minimum absolute atomic E-state index is 0.861. The first-order valence-electron chi connectivity index (χ1n) is 7.32. The zero-order valence-electron chi connectivity index (χ0n) is 11.5. The number of benzene rings is 1. The van der Waals surface area contributed by atoms with E-state index in [1.807, 2.05) is 11.8 Å². The lowest BCUT2D eigenvalue weighted by Gasteiger charge is -2.33. The van der Waals surface area contributed by atoms with Crippen LogP contribution in [0.1, 0.15) is 39.0 Å². The maximum atomic E-state index is 2.69. The molecule has 0 aromatic heterocycles. The third-order valence-electron chi connectivity index (χ3n) is 3.89. The van der Waals surface area contributed by atoms with Crippen LogP contribution in [0.15, 0.2) is 35.2 Å². The second kappa shape index (κ2) is 7.85. The molecule has 1 saturated carbocycles. The first-order chi connectivity index (χ1) is 8.90. The summed E-state index contributed by atoms with van der Waals surface area (Å²) in [4.78, 5) is 4.09. The Kier molecular flexibility index (Phi) is 6.09. The van der Waals surface area contributed by atoms with Gasteiger partial charge in [-0.05, 0) is 31.5 Å². The first-order valence-corrected chi connectivity index (χ1v) is 8.30. The maximum absolute atomic E-state index is 2.69. The average Bonchev–Trinajstić information content (AvgIpc) is 2.46. The smallest absolute Gasteiger partial charge is 0.0108 e. The maximum Gasteiger partial charge on any atom is 0.0108 e. The van der Waals surface area contributed by atoms with Gasteiger partial charge < -0.3 is 0 Å². The molecule has 2 rings (SSSR count). The van der Waals surface area contributed by atoms with E-state index in [0.29, 0.717) is 0 Å². The SMILES string of the molecule is CCN(CCSc1ccccc1)C1CCCCC1. The molecule has 0 N–H and O–H groups in total. The van der Waals surface area contributed by atoms with Crippen molar-refractivity contribution < 1.29 is 0 Å². The van der Waals surface area contributed by atoms with Crippen molar-refractivity contribution in [2.24, 2.45) is 0 Å². The molecular weight excluding hydrogens is 238 g/mol. The van der Waals surface area contributed by atoms with Gasteiger partial charge in [0.15, 0.2) is 0 Å². The summed E-state index contributed by atoms with van der Waals surface area (Å²) in [5.41, 5.74) is 0. The summed E-state index contributed by atoms with van der Waals surface area (Å²) >= 11 is 1.99. The molecule has 0 aliphatic heterocycles. The fourth-order valence-corrected chi connectivity index (χ4v) is 3.75. The van der Waals surface area contributed by atoms with Crippen molar-refractivity contribution in [2.75, 3.05) is 18.8 Å². The van der Waals surface area contributed by atoms with Crippen LogP contribution in [0.2, 0.25) is 0 Å². The number of nitrogens with zero attached hydrogens (tertiary/aromatic N) is 1. The van der Waals surface area contributed by atoms with Crippen LogP contribution in [0.4, 0.5) is 0 Å². The highest BCUT2D eigenvalue weighted by atomic mass is 32.2. The molecule has 0 spiro atoms. The Morgan fingerprint density at radius 3 is 2.50 bits per heavy atom. The summed E-state index contributed by atoms with van der Waals surface area (Å²) in [5, 5.41) is 0. The molecule has 0 saturated heterocycles. The Bertz CT molecular complexity index is 319. The molecule has 100 valence electrons. The molecule has 1 aliphatic rings. The van der Waals surface area contributed by atoms with E-state index in [1.54, 1.807) is 0 Å². The molecule has 0 bridgehead atoms. The van der Waals surface area contributed by atoms with E-state index in [0.717, 1.165) is 6.04 Å². The van der Waals surface area contributed by atoms with Gasteiger partial charge in [0.1, 0.15) is 0 Å². The molecule has 0 heterocycles. The van der Waals surface area contributed by atoms with Gasteiger partial charge in [-0.25, -0.2) is 0 Å². The van der Waals surface area contributed by atoms with Gasteiger partial charge in [0.25, 0.3) is 0 Å². The summed E-state index contributed by atoms with van der Waals surface area (Å²) in [6.07, 6.45) is 7.17. The Morgan fingerprint density at radius 1 is 1.11 bits per heavy atom. The largest absolute Gasteiger partial charge is 0.300 e. The monoisotopic (exact) mass is 263 g/mol. The molecular formula is C16H25NS. The van der Waals surface area contributed by atoms with Crippen LogP contribution in [-0.4, -0.2) is 29.8 Å². The van der Waals surface area contributed by atoms with Crippen LogP contribution >= 0.6 is 11.8 Å². The Labute approximate surface area is 116 Å². The third kappa shape index (κ3) is 4.33. The molecule has 18 heavy (non-hydrogen) atoms. The second-order valence-corrected chi connectivity index (χ2v) is 6.25. The molecule has 2 heteroatoms. The van der Waals surface area contributed by atoms with E-state index >= 15 is 0 Å². The number of thioether (sulfide) groups is 1. The van der Waals surface area contributed by atoms with Crippen LogP contribution in [0.25, 0.3) is 0 Å². The molecule has 0 atom stereocenters. The molecule has 1 aromatic rings. The summed E-state index contributed by atoms with van der Waals surface area (Å²) in [6.45, 7) is 4.75. The van der Waals surface area contributed by atoms with Crippen molar-refractivity contribution in [1.29, 1.82) is 0 Å². The normalized spacial score (nSPS) is 17.2. The number of hydrogen-bond acceptors (Lipinski definition) is 2. The lowest BCUT2D eigenvalue weighted by atomic mass is 9.94. The van der Waals surface area contributed by atoms with E-state index in [-0.39, 0.29) is 0 Å². The predicted octanol–water partition coefficient (Wildman–Crippen LogP) is 4.43. The topological polar surface area (TPSA) is 3.24 Å². The summed E-state index contributed by atoms with van der Waals surface area (Å²) in [5.74, 6) is 1.22. The van der Waals surface area contributed by atoms with E-state index in [4.69, 9.17) is 0 Å². The average molecular weight is 263 g/mol. The van der Waals surface area contributed by atoms with E-state index in [1.165, 1.54) is 55.8 Å². The number of hydrogen-bond donors (Lipinski definition) is 0. The quantitative estimate of drug-likeness (QED) is 0.698. The first kappa shape index (κ1) is 14.0. The van der Waals surface area contributed by atoms with E-state index < -0.39 is 0 Å². The highest BCUT2D eigenvalue weighted by molar-refractivity contribution is 7.99. The Morgan fingerprint density at radius 2 is 1.83 bits per heavy atom. The van der Waals surface area contributed by atoms with Gasteiger partial charge in [0, 0.05) is 23.2 Å². The van der Waals surface area contributed by atoms with Gasteiger partial charge in [-0.1, -0.05) is 44.4 Å². The molecule has 1 aromatic carbocycles. The lowest BCUT2D eigenvalue weighted by molar-refractivity contribution is 0.173. The van der Waals surface area contributed by atoms with Crippen molar-refractivity contribution in [3.05, 3.63) is 30.3 Å². The predicted molar refractivity (Wildman–Crippen MR) is 81.3 cm³/mol. The summed E-state index contributed by atoms with van der Waals surface area (Å²) < 4.78 is 0. The fourth-order valence-electron chi connectivity index (χ4n) is 2.84. The van der Waals surface area contributed by atoms with Crippen molar-refractivity contribution >= 4 is 11.8 Å². The minimum Gasteiger partial charge on any atom is -0.300 e. The zero-order valence-corrected chi connectivity index (χ0v) is 12.3. The van der Waals surface area contributed by atoms with Crippen LogP contribution in [-0.2, 0) is 0 Å². The van der Waals surface area contributed by atoms with Crippen molar-refractivity contribution in [3.63, 3.8) is 0 Å². The summed E-state index contributed by atoms with van der Waals surface area (Å²) in [6, 6.07) is 11.6. The van der Waals surface area contributed by atoms with Crippen molar-refractivity contribution in [2.45, 2.75) is 50.0 Å². The van der Waals surface area contributed by atoms with Gasteiger partial charge in [-0.3, -0.25) is 4.90 Å². The standard InChI is InChI=1S/C16H25NS/c1-2-17(15-9-5-3-6-10-15)13-14-18-16-11-7-4-8-12-16/h4,7-8,11-12,15H,2-3,5-6,9-10,13-14H2,1H3. The molecule has 0 radical (unpaired) electrons. The third-order valence-corrected chi connectivity index (χ3v) is 4.88. The van der Waals surface area contributed by atoms with Gasteiger partial charge in [-0.2, -0.15) is 0 Å². The van der Waals surface area contributed by atoms with Crippen LogP contribution in [0, 0.1) is 0 Å². The minimum atomic E-state index is 0.861. The van der Waals surface area contributed by atoms with Crippen LogP contribution in [0.3, 0.4) is 0 Å². The Hall–Kier alpha value is -0.470. The summed E-state index contributed by atoms with van der Waals surface area (Å²) in [7, 11) is 0. The van der Waals surface area contributed by atoms with E-state index in [2.05, 4.69) is 42.2 Å². The molecule has 0 unspecified atom stereocenters. The Balaban J connectivity index is 1.73. The van der Waals surface area contributed by atoms with Crippen LogP contribution in [0.5, 0.6) is 0 Å². The van der Waals surface area contributed by atoms with Crippen molar-refractivity contribution in [1.82, 2.24) is 4.90 Å². The van der Waals surface area contributed by atoms with Gasteiger partial charge in [0.05, 0.1) is 0 Å². The lowest BCUT2D eigenvalue weighted by Crippen LogP contribution is -2.38.